The highest BCUT2D eigenvalue weighted by molar-refractivity contribution is 5.79. The molecule has 3 rings (SSSR count). The van der Waals surface area contributed by atoms with Crippen molar-refractivity contribution in [3.05, 3.63) is 48.4 Å². The van der Waals surface area contributed by atoms with E-state index in [0.717, 1.165) is 37.3 Å². The van der Waals surface area contributed by atoms with Gasteiger partial charge in [-0.2, -0.15) is 0 Å². The van der Waals surface area contributed by atoms with Crippen LogP contribution in [0.25, 0.3) is 0 Å². The zero-order valence-corrected chi connectivity index (χ0v) is 15.4. The van der Waals surface area contributed by atoms with Gasteiger partial charge in [0.25, 0.3) is 0 Å². The van der Waals surface area contributed by atoms with Gasteiger partial charge >= 0.3 is 6.36 Å². The van der Waals surface area contributed by atoms with Crippen LogP contribution in [0.2, 0.25) is 0 Å². The summed E-state index contributed by atoms with van der Waals surface area (Å²) in [6.07, 6.45) is 1.70. The minimum absolute atomic E-state index is 0.0365. The molecule has 1 aromatic carbocycles. The minimum atomic E-state index is -4.71. The number of amides is 1. The third kappa shape index (κ3) is 5.34. The predicted molar refractivity (Wildman–Crippen MR) is 96.6 cm³/mol. The summed E-state index contributed by atoms with van der Waals surface area (Å²) < 4.78 is 40.5. The first kappa shape index (κ1) is 19.9. The highest BCUT2D eigenvalue weighted by Crippen LogP contribution is 2.25. The molecule has 0 saturated carbocycles. The molecule has 1 amide bonds. The summed E-state index contributed by atoms with van der Waals surface area (Å²) in [7, 11) is 1.71. The molecule has 1 aliphatic heterocycles. The number of halogens is 3. The van der Waals surface area contributed by atoms with E-state index in [9.17, 15) is 18.0 Å². The normalized spacial score (nSPS) is 15.4. The van der Waals surface area contributed by atoms with Crippen molar-refractivity contribution in [3.8, 4) is 5.75 Å². The molecule has 1 saturated heterocycles. The largest absolute Gasteiger partial charge is 0.573 e. The molecule has 28 heavy (non-hydrogen) atoms. The fraction of sp³-hybridized carbons (Fsp3) is 0.421. The number of piperidine rings is 1. The van der Waals surface area contributed by atoms with Crippen LogP contribution in [-0.4, -0.2) is 47.3 Å². The van der Waals surface area contributed by atoms with Gasteiger partial charge in [-0.3, -0.25) is 9.78 Å². The second kappa shape index (κ2) is 8.45. The van der Waals surface area contributed by atoms with Gasteiger partial charge < -0.3 is 14.5 Å². The van der Waals surface area contributed by atoms with E-state index in [1.54, 1.807) is 30.5 Å². The maximum Gasteiger partial charge on any atom is 0.573 e. The first-order valence-corrected chi connectivity index (χ1v) is 8.92. The third-order valence-corrected chi connectivity index (χ3v) is 4.67. The summed E-state index contributed by atoms with van der Waals surface area (Å²) in [5.74, 6) is 0.490. The van der Waals surface area contributed by atoms with E-state index in [0.29, 0.717) is 6.54 Å². The van der Waals surface area contributed by atoms with E-state index >= 15 is 0 Å². The van der Waals surface area contributed by atoms with Crippen molar-refractivity contribution in [1.29, 1.82) is 0 Å². The van der Waals surface area contributed by atoms with Crippen molar-refractivity contribution in [1.82, 2.24) is 14.9 Å². The molecular weight excluding hydrogens is 373 g/mol. The van der Waals surface area contributed by atoms with E-state index in [-0.39, 0.29) is 17.6 Å². The molecule has 9 heteroatoms. The van der Waals surface area contributed by atoms with Crippen LogP contribution >= 0.6 is 0 Å². The Bertz CT molecular complexity index is 776. The molecule has 0 atom stereocenters. The number of anilines is 1. The smallest absolute Gasteiger partial charge is 0.406 e. The summed E-state index contributed by atoms with van der Waals surface area (Å²) in [6, 6.07) is 5.56. The Morgan fingerprint density at radius 3 is 2.46 bits per heavy atom. The summed E-state index contributed by atoms with van der Waals surface area (Å²) in [5, 5.41) is 0. The van der Waals surface area contributed by atoms with Gasteiger partial charge in [-0.15, -0.1) is 13.2 Å². The van der Waals surface area contributed by atoms with Crippen LogP contribution in [0.1, 0.15) is 18.4 Å². The average Bonchev–Trinajstić information content (AvgIpc) is 2.68. The number of carbonyl (C=O) groups is 1. The summed E-state index contributed by atoms with van der Waals surface area (Å²) in [6.45, 7) is 1.79. The number of benzene rings is 1. The van der Waals surface area contributed by atoms with E-state index in [1.807, 2.05) is 0 Å². The highest BCUT2D eigenvalue weighted by Gasteiger charge is 2.31. The number of carbonyl (C=O) groups excluding carboxylic acids is 1. The number of hydrogen-bond donors (Lipinski definition) is 0. The number of ether oxygens (including phenoxy) is 1. The van der Waals surface area contributed by atoms with Gasteiger partial charge in [0.2, 0.25) is 5.91 Å². The predicted octanol–water partition coefficient (Wildman–Crippen LogP) is 3.25. The zero-order chi connectivity index (χ0) is 20.1. The fourth-order valence-corrected chi connectivity index (χ4v) is 3.27. The van der Waals surface area contributed by atoms with Gasteiger partial charge in [-0.05, 0) is 30.5 Å². The molecule has 0 aliphatic carbocycles. The van der Waals surface area contributed by atoms with Crippen molar-refractivity contribution in [3.63, 3.8) is 0 Å². The Morgan fingerprint density at radius 1 is 1.21 bits per heavy atom. The highest BCUT2D eigenvalue weighted by atomic mass is 19.4. The molecule has 0 spiro atoms. The molecular formula is C19H21F3N4O2. The average molecular weight is 394 g/mol. The Labute approximate surface area is 160 Å². The Hall–Kier alpha value is -2.84. The SMILES string of the molecule is CN(Cc1ccc(OC(F)(F)F)cc1)C(=O)C1CCN(c2cnccn2)CC1. The summed E-state index contributed by atoms with van der Waals surface area (Å²) >= 11 is 0. The van der Waals surface area contributed by atoms with E-state index in [1.165, 1.54) is 24.3 Å². The Balaban J connectivity index is 1.51. The van der Waals surface area contributed by atoms with E-state index in [2.05, 4.69) is 19.6 Å². The molecule has 2 aromatic rings. The number of nitrogens with zero attached hydrogens (tertiary/aromatic N) is 4. The molecule has 0 bridgehead atoms. The van der Waals surface area contributed by atoms with Crippen LogP contribution in [0.3, 0.4) is 0 Å². The van der Waals surface area contributed by atoms with Gasteiger partial charge in [0, 0.05) is 45.0 Å². The maximum atomic E-state index is 12.7. The fourth-order valence-electron chi connectivity index (χ4n) is 3.27. The van der Waals surface area contributed by atoms with Gasteiger partial charge in [-0.25, -0.2) is 4.98 Å². The molecule has 1 aromatic heterocycles. The van der Waals surface area contributed by atoms with E-state index < -0.39 is 6.36 Å². The lowest BCUT2D eigenvalue weighted by molar-refractivity contribution is -0.274. The standard InChI is InChI=1S/C19H21F3N4O2/c1-25(13-14-2-4-16(5-3-14)28-19(20,21)22)18(27)15-6-10-26(11-7-15)17-12-23-8-9-24-17/h2-5,8-9,12,15H,6-7,10-11,13H2,1H3. The van der Waals surface area contributed by atoms with E-state index in [4.69, 9.17) is 0 Å². The monoisotopic (exact) mass is 394 g/mol. The quantitative estimate of drug-likeness (QED) is 0.779. The van der Waals surface area contributed by atoms with Crippen LogP contribution in [0.5, 0.6) is 5.75 Å². The summed E-state index contributed by atoms with van der Waals surface area (Å²) in [5.41, 5.74) is 0.738. The lowest BCUT2D eigenvalue weighted by Gasteiger charge is -2.33. The molecule has 0 N–H and O–H groups in total. The van der Waals surface area contributed by atoms with Crippen LogP contribution < -0.4 is 9.64 Å². The van der Waals surface area contributed by atoms with Crippen molar-refractivity contribution in [2.75, 3.05) is 25.0 Å². The maximum absolute atomic E-state index is 12.7. The van der Waals surface area contributed by atoms with Crippen molar-refractivity contribution >= 4 is 11.7 Å². The Kier molecular flexibility index (Phi) is 6.01. The molecule has 1 fully saturated rings. The van der Waals surface area contributed by atoms with Crippen molar-refractivity contribution in [2.45, 2.75) is 25.7 Å². The molecule has 6 nitrogen and oxygen atoms in total. The lowest BCUT2D eigenvalue weighted by Crippen LogP contribution is -2.41. The number of rotatable bonds is 5. The van der Waals surface area contributed by atoms with Gasteiger partial charge in [0.1, 0.15) is 11.6 Å². The number of aromatic nitrogens is 2. The number of hydrogen-bond acceptors (Lipinski definition) is 5. The second-order valence-electron chi connectivity index (χ2n) is 6.71. The van der Waals surface area contributed by atoms with Crippen LogP contribution in [0.4, 0.5) is 19.0 Å². The lowest BCUT2D eigenvalue weighted by atomic mass is 9.95. The van der Waals surface area contributed by atoms with Gasteiger partial charge in [0.05, 0.1) is 6.20 Å². The molecule has 0 unspecified atom stereocenters. The first-order chi connectivity index (χ1) is 13.3. The minimum Gasteiger partial charge on any atom is -0.406 e. The number of alkyl halides is 3. The Morgan fingerprint density at radius 2 is 1.89 bits per heavy atom. The van der Waals surface area contributed by atoms with Gasteiger partial charge in [0.15, 0.2) is 0 Å². The molecule has 1 aliphatic rings. The molecule has 2 heterocycles. The van der Waals surface area contributed by atoms with Crippen molar-refractivity contribution < 1.29 is 22.7 Å². The zero-order valence-electron chi connectivity index (χ0n) is 15.4. The topological polar surface area (TPSA) is 58.6 Å². The first-order valence-electron chi connectivity index (χ1n) is 8.92. The van der Waals surface area contributed by atoms with Gasteiger partial charge in [-0.1, -0.05) is 12.1 Å². The summed E-state index contributed by atoms with van der Waals surface area (Å²) in [4.78, 5) is 24.8. The second-order valence-corrected chi connectivity index (χ2v) is 6.71. The van der Waals surface area contributed by atoms with Crippen LogP contribution in [0.15, 0.2) is 42.9 Å². The van der Waals surface area contributed by atoms with Crippen LogP contribution in [0, 0.1) is 5.92 Å². The van der Waals surface area contributed by atoms with Crippen LogP contribution in [-0.2, 0) is 11.3 Å². The van der Waals surface area contributed by atoms with Crippen molar-refractivity contribution in [2.24, 2.45) is 5.92 Å². The third-order valence-electron chi connectivity index (χ3n) is 4.67. The molecule has 0 radical (unpaired) electrons. The molecule has 150 valence electrons.